The fourth-order valence-corrected chi connectivity index (χ4v) is 5.06. The van der Waals surface area contributed by atoms with E-state index in [-0.39, 0.29) is 29.5 Å². The zero-order chi connectivity index (χ0) is 23.3. The van der Waals surface area contributed by atoms with Gasteiger partial charge in [0, 0.05) is 38.2 Å². The third-order valence-electron chi connectivity index (χ3n) is 5.40. The second-order valence-electron chi connectivity index (χ2n) is 7.64. The molecule has 0 spiro atoms. The lowest BCUT2D eigenvalue weighted by atomic mass is 10.1. The fraction of sp³-hybridized carbons (Fsp3) is 0.348. The Morgan fingerprint density at radius 2 is 1.56 bits per heavy atom. The number of rotatable bonds is 6. The van der Waals surface area contributed by atoms with Crippen LogP contribution in [0.15, 0.2) is 59.5 Å². The van der Waals surface area contributed by atoms with E-state index in [4.69, 9.17) is 0 Å². The van der Waals surface area contributed by atoms with Crippen molar-refractivity contribution in [3.63, 3.8) is 0 Å². The third kappa shape index (κ3) is 5.16. The predicted octanol–water partition coefficient (Wildman–Crippen LogP) is 1.61. The van der Waals surface area contributed by atoms with Crippen molar-refractivity contribution in [2.24, 2.45) is 0 Å². The Kier molecular flexibility index (Phi) is 7.29. The SMILES string of the molecule is CCC(=O)N1CCN(C(=O)C(NC(=O)c2cccc(C)c2)S(=O)(=O)c2ccccc2)CC1. The molecule has 1 aliphatic rings. The molecule has 1 unspecified atom stereocenters. The van der Waals surface area contributed by atoms with Gasteiger partial charge < -0.3 is 15.1 Å². The molecular formula is C23H27N3O5S. The molecule has 1 saturated heterocycles. The van der Waals surface area contributed by atoms with Crippen LogP contribution in [0.2, 0.25) is 0 Å². The summed E-state index contributed by atoms with van der Waals surface area (Å²) in [5.74, 6) is -1.37. The van der Waals surface area contributed by atoms with Crippen molar-refractivity contribution < 1.29 is 22.8 Å². The molecular weight excluding hydrogens is 430 g/mol. The van der Waals surface area contributed by atoms with Gasteiger partial charge in [-0.2, -0.15) is 0 Å². The number of nitrogens with zero attached hydrogens (tertiary/aromatic N) is 2. The molecule has 0 aromatic heterocycles. The molecule has 0 aliphatic carbocycles. The van der Waals surface area contributed by atoms with E-state index >= 15 is 0 Å². The molecule has 170 valence electrons. The van der Waals surface area contributed by atoms with Crippen LogP contribution in [0.25, 0.3) is 0 Å². The van der Waals surface area contributed by atoms with Gasteiger partial charge in [0.2, 0.25) is 21.1 Å². The molecule has 1 aliphatic heterocycles. The molecule has 9 heteroatoms. The second-order valence-corrected chi connectivity index (χ2v) is 9.67. The number of carbonyl (C=O) groups excluding carboxylic acids is 3. The van der Waals surface area contributed by atoms with Crippen LogP contribution >= 0.6 is 0 Å². The van der Waals surface area contributed by atoms with E-state index in [1.165, 1.54) is 17.0 Å². The minimum absolute atomic E-state index is 0.0155. The van der Waals surface area contributed by atoms with E-state index in [0.717, 1.165) is 5.56 Å². The maximum Gasteiger partial charge on any atom is 0.261 e. The summed E-state index contributed by atoms with van der Waals surface area (Å²) in [6.07, 6.45) is 0.367. The quantitative estimate of drug-likeness (QED) is 0.710. The molecule has 1 heterocycles. The standard InChI is InChI=1S/C23H27N3O5S/c1-3-20(27)25-12-14-26(15-13-25)23(29)22(32(30,31)19-10-5-4-6-11-19)24-21(28)18-9-7-8-17(2)16-18/h4-11,16,22H,3,12-15H2,1-2H3,(H,24,28). The van der Waals surface area contributed by atoms with E-state index in [1.807, 2.05) is 13.0 Å². The van der Waals surface area contributed by atoms with Gasteiger partial charge >= 0.3 is 0 Å². The van der Waals surface area contributed by atoms with E-state index in [1.54, 1.807) is 48.2 Å². The lowest BCUT2D eigenvalue weighted by Gasteiger charge is -2.36. The van der Waals surface area contributed by atoms with Gasteiger partial charge in [-0.05, 0) is 31.2 Å². The van der Waals surface area contributed by atoms with Gasteiger partial charge in [0.05, 0.1) is 4.90 Å². The van der Waals surface area contributed by atoms with Crippen molar-refractivity contribution in [3.05, 3.63) is 65.7 Å². The Bertz CT molecular complexity index is 1090. The summed E-state index contributed by atoms with van der Waals surface area (Å²) >= 11 is 0. The van der Waals surface area contributed by atoms with Crippen LogP contribution in [-0.4, -0.2) is 67.5 Å². The van der Waals surface area contributed by atoms with Gasteiger partial charge in [0.25, 0.3) is 11.8 Å². The Morgan fingerprint density at radius 1 is 0.938 bits per heavy atom. The summed E-state index contributed by atoms with van der Waals surface area (Å²) in [6, 6.07) is 14.3. The molecule has 2 aromatic rings. The zero-order valence-corrected chi connectivity index (χ0v) is 19.0. The first-order chi connectivity index (χ1) is 15.2. The normalized spacial score (nSPS) is 15.2. The van der Waals surface area contributed by atoms with Crippen LogP contribution < -0.4 is 5.32 Å². The number of piperazine rings is 1. The maximum absolute atomic E-state index is 13.3. The van der Waals surface area contributed by atoms with Gasteiger partial charge in [-0.15, -0.1) is 0 Å². The third-order valence-corrected chi connectivity index (χ3v) is 7.26. The number of carbonyl (C=O) groups is 3. The average Bonchev–Trinajstić information content (AvgIpc) is 2.82. The van der Waals surface area contributed by atoms with Crippen molar-refractivity contribution >= 4 is 27.6 Å². The molecule has 3 amide bonds. The Labute approximate surface area is 188 Å². The summed E-state index contributed by atoms with van der Waals surface area (Å²) in [6.45, 7) is 4.63. The lowest BCUT2D eigenvalue weighted by molar-refractivity contribution is -0.139. The molecule has 8 nitrogen and oxygen atoms in total. The molecule has 1 atom stereocenters. The van der Waals surface area contributed by atoms with Gasteiger partial charge in [-0.3, -0.25) is 14.4 Å². The summed E-state index contributed by atoms with van der Waals surface area (Å²) < 4.78 is 26.7. The lowest BCUT2D eigenvalue weighted by Crippen LogP contribution is -2.57. The Morgan fingerprint density at radius 3 is 2.16 bits per heavy atom. The fourth-order valence-electron chi connectivity index (χ4n) is 3.57. The second kappa shape index (κ2) is 9.95. The molecule has 0 saturated carbocycles. The van der Waals surface area contributed by atoms with Crippen LogP contribution in [0, 0.1) is 6.92 Å². The highest BCUT2D eigenvalue weighted by atomic mass is 32.2. The number of nitrogens with one attached hydrogen (secondary N) is 1. The molecule has 0 bridgehead atoms. The van der Waals surface area contributed by atoms with E-state index < -0.39 is 27.0 Å². The number of aryl methyl sites for hydroxylation is 1. The molecule has 1 fully saturated rings. The van der Waals surface area contributed by atoms with Crippen molar-refractivity contribution in [2.75, 3.05) is 26.2 Å². The maximum atomic E-state index is 13.3. The van der Waals surface area contributed by atoms with E-state index in [0.29, 0.717) is 19.5 Å². The minimum atomic E-state index is -4.20. The topological polar surface area (TPSA) is 104 Å². The highest BCUT2D eigenvalue weighted by Gasteiger charge is 2.39. The van der Waals surface area contributed by atoms with Gasteiger partial charge in [-0.1, -0.05) is 42.8 Å². The van der Waals surface area contributed by atoms with E-state index in [9.17, 15) is 22.8 Å². The first-order valence-electron chi connectivity index (χ1n) is 10.5. The average molecular weight is 458 g/mol. The van der Waals surface area contributed by atoms with Crippen molar-refractivity contribution in [1.82, 2.24) is 15.1 Å². The highest BCUT2D eigenvalue weighted by molar-refractivity contribution is 7.92. The molecule has 0 radical (unpaired) electrons. The molecule has 3 rings (SSSR count). The number of sulfone groups is 1. The highest BCUT2D eigenvalue weighted by Crippen LogP contribution is 2.18. The largest absolute Gasteiger partial charge is 0.339 e. The minimum Gasteiger partial charge on any atom is -0.339 e. The summed E-state index contributed by atoms with van der Waals surface area (Å²) in [5, 5.41) is 0.671. The monoisotopic (exact) mass is 457 g/mol. The number of amides is 3. The molecule has 2 aromatic carbocycles. The molecule has 1 N–H and O–H groups in total. The number of benzene rings is 2. The van der Waals surface area contributed by atoms with Crippen molar-refractivity contribution in [3.8, 4) is 0 Å². The summed E-state index contributed by atoms with van der Waals surface area (Å²) in [4.78, 5) is 41.1. The number of hydrogen-bond donors (Lipinski definition) is 1. The van der Waals surface area contributed by atoms with Crippen molar-refractivity contribution in [1.29, 1.82) is 0 Å². The van der Waals surface area contributed by atoms with Crippen LogP contribution in [0.3, 0.4) is 0 Å². The summed E-state index contributed by atoms with van der Waals surface area (Å²) in [5.41, 5.74) is 1.10. The number of hydrogen-bond acceptors (Lipinski definition) is 5. The van der Waals surface area contributed by atoms with Crippen LogP contribution in [0.1, 0.15) is 29.3 Å². The molecule has 32 heavy (non-hydrogen) atoms. The summed E-state index contributed by atoms with van der Waals surface area (Å²) in [7, 11) is -4.20. The van der Waals surface area contributed by atoms with Crippen molar-refractivity contribution in [2.45, 2.75) is 30.5 Å². The first-order valence-corrected chi connectivity index (χ1v) is 12.0. The van der Waals surface area contributed by atoms with Crippen LogP contribution in [0.4, 0.5) is 0 Å². The van der Waals surface area contributed by atoms with Gasteiger partial charge in [0.1, 0.15) is 0 Å². The van der Waals surface area contributed by atoms with Crippen LogP contribution in [-0.2, 0) is 19.4 Å². The predicted molar refractivity (Wildman–Crippen MR) is 120 cm³/mol. The Hall–Kier alpha value is -3.20. The van der Waals surface area contributed by atoms with Crippen LogP contribution in [0.5, 0.6) is 0 Å². The Balaban J connectivity index is 1.88. The smallest absolute Gasteiger partial charge is 0.261 e. The van der Waals surface area contributed by atoms with Gasteiger partial charge in [-0.25, -0.2) is 8.42 Å². The zero-order valence-electron chi connectivity index (χ0n) is 18.2. The van der Waals surface area contributed by atoms with Gasteiger partial charge in [0.15, 0.2) is 0 Å². The first kappa shape index (κ1) is 23.5. The van der Waals surface area contributed by atoms with E-state index in [2.05, 4.69) is 5.32 Å².